The predicted octanol–water partition coefficient (Wildman–Crippen LogP) is 24.4. The minimum Gasteiger partial charge on any atom is -0.317 e. The zero-order chi connectivity index (χ0) is 63.4. The highest BCUT2D eigenvalue weighted by atomic mass is 32.1. The van der Waals surface area contributed by atoms with Gasteiger partial charge in [-0.3, -0.25) is 0 Å². The molecule has 0 saturated heterocycles. The molecule has 0 unspecified atom stereocenters. The molecule has 8 heteroatoms. The molecule has 0 aliphatic heterocycles. The molecule has 0 fully saturated rings. The molecule has 0 bridgehead atoms. The Kier molecular flexibility index (Phi) is 11.8. The molecule has 11 aromatic carbocycles. The van der Waals surface area contributed by atoms with Crippen LogP contribution in [0.1, 0.15) is 111 Å². The summed E-state index contributed by atoms with van der Waals surface area (Å²) in [5, 5.41) is 26.8. The summed E-state index contributed by atoms with van der Waals surface area (Å²) < 4.78 is 14.3. The van der Waals surface area contributed by atoms with Crippen molar-refractivity contribution >= 4 is 156 Å². The molecule has 6 nitrogen and oxygen atoms in total. The molecule has 446 valence electrons. The molecule has 0 radical (unpaired) electrons. The molecule has 0 N–H and O–H groups in total. The van der Waals surface area contributed by atoms with Crippen molar-refractivity contribution in [2.75, 3.05) is 0 Å². The summed E-state index contributed by atoms with van der Waals surface area (Å²) in [6, 6.07) is 74.5. The molecule has 0 spiro atoms. The Labute approximate surface area is 542 Å². The number of thiophene rings is 2. The number of nitrogens with zero attached hydrogens (tertiary/aromatic N) is 6. The standard InChI is InChI=1S/C84H68N6S2/c1-81(2,3)47-38-40-66-55(42-47)57-44-60(83(7,8)9)70-53-30-18-24-36-68(53)91-79(70)75(57)89(66)73-59(46-85)74(87-62-32-20-14-26-49(62)50-27-15-21-33-63(50)87)78(77(72(73)86-13)88-64-34-22-16-28-51(64)52-29-17-23-35-65(52)88)90-67-41-39-48(82(4,5)6)43-56(67)58-45-61(84(10,11)12)71-54-31-19-25-37-69(54)92-80(71)76(58)90/h14-45H,1-12H3. The Morgan fingerprint density at radius 1 is 0.348 bits per heavy atom. The highest BCUT2D eigenvalue weighted by molar-refractivity contribution is 7.27. The van der Waals surface area contributed by atoms with Crippen LogP contribution in [0.5, 0.6) is 0 Å². The van der Waals surface area contributed by atoms with Gasteiger partial charge in [0, 0.05) is 74.0 Å². The maximum atomic E-state index is 13.3. The van der Waals surface area contributed by atoms with Gasteiger partial charge in [-0.1, -0.05) is 204 Å². The van der Waals surface area contributed by atoms with Crippen LogP contribution >= 0.6 is 22.7 Å². The molecule has 0 saturated carbocycles. The number of aromatic nitrogens is 4. The molecular weight excluding hydrogens is 1160 g/mol. The van der Waals surface area contributed by atoms with Gasteiger partial charge in [0.25, 0.3) is 0 Å². The van der Waals surface area contributed by atoms with Crippen LogP contribution < -0.4 is 0 Å². The number of hydrogen-bond donors (Lipinski definition) is 0. The van der Waals surface area contributed by atoms with E-state index in [4.69, 9.17) is 4.85 Å². The quantitative estimate of drug-likeness (QED) is 0.162. The zero-order valence-electron chi connectivity index (χ0n) is 54.0. The van der Waals surface area contributed by atoms with E-state index in [1.165, 1.54) is 53.2 Å². The van der Waals surface area contributed by atoms with Crippen molar-refractivity contribution in [2.24, 2.45) is 0 Å². The first-order valence-electron chi connectivity index (χ1n) is 32.0. The average Bonchev–Trinajstić information content (AvgIpc) is 1.48. The fourth-order valence-corrected chi connectivity index (χ4v) is 18.0. The van der Waals surface area contributed by atoms with E-state index < -0.39 is 0 Å². The lowest BCUT2D eigenvalue weighted by Gasteiger charge is -2.28. The van der Waals surface area contributed by atoms with E-state index in [2.05, 4.69) is 302 Å². The second-order valence-corrected chi connectivity index (χ2v) is 31.6. The summed E-state index contributed by atoms with van der Waals surface area (Å²) in [6.07, 6.45) is 0. The fraction of sp³-hybridized carbons (Fsp3) is 0.190. The zero-order valence-corrected chi connectivity index (χ0v) is 55.6. The van der Waals surface area contributed by atoms with Gasteiger partial charge in [0.2, 0.25) is 5.69 Å². The van der Waals surface area contributed by atoms with Gasteiger partial charge in [0.05, 0.1) is 88.4 Å². The normalized spacial score (nSPS) is 13.0. The van der Waals surface area contributed by atoms with Crippen LogP contribution in [-0.4, -0.2) is 18.3 Å². The van der Waals surface area contributed by atoms with E-state index in [0.29, 0.717) is 28.3 Å². The third kappa shape index (κ3) is 7.75. The van der Waals surface area contributed by atoms with Crippen molar-refractivity contribution in [3.05, 3.63) is 233 Å². The van der Waals surface area contributed by atoms with E-state index in [0.717, 1.165) is 102 Å². The van der Waals surface area contributed by atoms with Gasteiger partial charge < -0.3 is 18.3 Å². The Hall–Kier alpha value is -9.96. The SMILES string of the molecule is [C-]#[N+]c1c(-n2c3ccccc3c3ccccc32)c(-n2c3ccc(C(C)(C)C)cc3c3cc(C(C)(C)C)c4c5ccccc5sc4c32)c(-n2c3ccccc3c3ccccc32)c(C#N)c1-n1c2ccc(C(C)(C)C)cc2c2cc(C(C)(C)C)c3c4ccccc4sc3c21. The van der Waals surface area contributed by atoms with Crippen LogP contribution in [0.2, 0.25) is 0 Å². The maximum Gasteiger partial charge on any atom is 0.237 e. The average molecular weight is 1230 g/mol. The Balaban J connectivity index is 1.22. The first-order chi connectivity index (χ1) is 44.1. The number of hydrogen-bond acceptors (Lipinski definition) is 3. The largest absolute Gasteiger partial charge is 0.317 e. The number of fused-ring (bicyclic) bond motifs is 20. The minimum absolute atomic E-state index is 0.185. The number of benzene rings is 11. The van der Waals surface area contributed by atoms with Crippen LogP contribution in [0.4, 0.5) is 5.69 Å². The van der Waals surface area contributed by atoms with Gasteiger partial charge in [-0.05, 0) is 117 Å². The molecule has 6 heterocycles. The van der Waals surface area contributed by atoms with Crippen molar-refractivity contribution < 1.29 is 0 Å². The van der Waals surface area contributed by atoms with Crippen LogP contribution in [0, 0.1) is 17.9 Å². The fourth-order valence-electron chi connectivity index (χ4n) is 15.4. The lowest BCUT2D eigenvalue weighted by atomic mass is 9.82. The number of rotatable bonds is 4. The predicted molar refractivity (Wildman–Crippen MR) is 395 cm³/mol. The molecule has 0 aliphatic rings. The van der Waals surface area contributed by atoms with E-state index in [1.54, 1.807) is 0 Å². The van der Waals surface area contributed by atoms with Crippen molar-refractivity contribution in [3.8, 4) is 28.8 Å². The van der Waals surface area contributed by atoms with E-state index in [-0.39, 0.29) is 21.7 Å². The molecule has 0 amide bonds. The summed E-state index contributed by atoms with van der Waals surface area (Å²) in [5.41, 5.74) is 15.3. The smallest absolute Gasteiger partial charge is 0.237 e. The van der Waals surface area contributed by atoms with Gasteiger partial charge in [-0.25, -0.2) is 4.85 Å². The summed E-state index contributed by atoms with van der Waals surface area (Å²) in [5.74, 6) is 0. The lowest BCUT2D eigenvalue weighted by Crippen LogP contribution is -2.15. The van der Waals surface area contributed by atoms with E-state index in [9.17, 15) is 11.8 Å². The first-order valence-corrected chi connectivity index (χ1v) is 33.6. The van der Waals surface area contributed by atoms with Gasteiger partial charge in [-0.2, -0.15) is 5.26 Å². The van der Waals surface area contributed by atoms with E-state index in [1.807, 2.05) is 22.7 Å². The molecule has 6 aromatic heterocycles. The van der Waals surface area contributed by atoms with Crippen LogP contribution in [0.3, 0.4) is 0 Å². The van der Waals surface area contributed by atoms with Gasteiger partial charge in [0.1, 0.15) is 6.07 Å². The van der Waals surface area contributed by atoms with Crippen molar-refractivity contribution in [1.29, 1.82) is 5.26 Å². The second-order valence-electron chi connectivity index (χ2n) is 29.5. The summed E-state index contributed by atoms with van der Waals surface area (Å²) >= 11 is 3.65. The summed E-state index contributed by atoms with van der Waals surface area (Å²) in [6.45, 7) is 38.1. The molecule has 0 aliphatic carbocycles. The molecule has 17 aromatic rings. The summed E-state index contributed by atoms with van der Waals surface area (Å²) in [4.78, 5) is 5.06. The van der Waals surface area contributed by atoms with Crippen molar-refractivity contribution in [2.45, 2.75) is 105 Å². The van der Waals surface area contributed by atoms with Gasteiger partial charge in [0.15, 0.2) is 0 Å². The molecule has 92 heavy (non-hydrogen) atoms. The third-order valence-corrected chi connectivity index (χ3v) is 22.1. The van der Waals surface area contributed by atoms with Gasteiger partial charge >= 0.3 is 0 Å². The Morgan fingerprint density at radius 3 is 1.07 bits per heavy atom. The lowest BCUT2D eigenvalue weighted by molar-refractivity contribution is 0.591. The van der Waals surface area contributed by atoms with Crippen LogP contribution in [-0.2, 0) is 21.7 Å². The molecule has 17 rings (SSSR count). The molecular formula is C84H68N6S2. The Morgan fingerprint density at radius 2 is 0.696 bits per heavy atom. The molecule has 0 atom stereocenters. The summed E-state index contributed by atoms with van der Waals surface area (Å²) in [7, 11) is 0. The topological polar surface area (TPSA) is 47.9 Å². The highest BCUT2D eigenvalue weighted by Gasteiger charge is 2.38. The van der Waals surface area contributed by atoms with Crippen molar-refractivity contribution in [3.63, 3.8) is 0 Å². The monoisotopic (exact) mass is 1220 g/mol. The second kappa shape index (κ2) is 19.3. The van der Waals surface area contributed by atoms with Crippen molar-refractivity contribution in [1.82, 2.24) is 18.3 Å². The van der Waals surface area contributed by atoms with Crippen LogP contribution in [0.15, 0.2) is 194 Å². The van der Waals surface area contributed by atoms with Gasteiger partial charge in [-0.15, -0.1) is 22.7 Å². The maximum absolute atomic E-state index is 13.3. The first kappa shape index (κ1) is 56.1. The number of nitriles is 1. The Bertz CT molecular complexity index is 5940. The third-order valence-electron chi connectivity index (χ3n) is 19.7. The van der Waals surface area contributed by atoms with E-state index >= 15 is 0 Å². The minimum atomic E-state index is -0.246. The van der Waals surface area contributed by atoms with Crippen LogP contribution in [0.25, 0.3) is 155 Å². The number of para-hydroxylation sites is 4. The highest BCUT2D eigenvalue weighted by Crippen LogP contribution is 2.56.